The summed E-state index contributed by atoms with van der Waals surface area (Å²) >= 11 is 0. The number of urea groups is 1. The summed E-state index contributed by atoms with van der Waals surface area (Å²) in [6, 6.07) is 6.35. The van der Waals surface area contributed by atoms with Crippen molar-refractivity contribution in [3.05, 3.63) is 34.9 Å². The molecular weight excluding hydrogens is 372 g/mol. The van der Waals surface area contributed by atoms with Crippen LogP contribution in [0.1, 0.15) is 90.3 Å². The van der Waals surface area contributed by atoms with Gasteiger partial charge in [0, 0.05) is 11.5 Å². The summed E-state index contributed by atoms with van der Waals surface area (Å²) in [5.41, 5.74) is 2.66. The van der Waals surface area contributed by atoms with Crippen LogP contribution in [0.25, 0.3) is 0 Å². The third kappa shape index (κ3) is 3.09. The van der Waals surface area contributed by atoms with Crippen LogP contribution >= 0.6 is 0 Å². The molecule has 0 bridgehead atoms. The molecule has 1 atom stereocenters. The number of nitrogens with zero attached hydrogens (tertiary/aromatic N) is 1. The summed E-state index contributed by atoms with van der Waals surface area (Å²) in [5.74, 6) is 0.713. The molecule has 1 heterocycles. The van der Waals surface area contributed by atoms with Crippen LogP contribution in [0.3, 0.4) is 0 Å². The molecule has 1 aromatic carbocycles. The van der Waals surface area contributed by atoms with Gasteiger partial charge in [0.2, 0.25) is 0 Å². The first-order chi connectivity index (χ1) is 14.0. The second kappa shape index (κ2) is 7.10. The average Bonchev–Trinajstić information content (AvgIpc) is 3.07. The predicted octanol–water partition coefficient (Wildman–Crippen LogP) is 5.57. The zero-order chi connectivity index (χ0) is 21.9. The fraction of sp³-hybridized carbons (Fsp3) is 0.692. The number of fused-ring (bicyclic) bond motifs is 3. The zero-order valence-electron chi connectivity index (χ0n) is 19.6. The number of hydrogen-bond donors (Lipinski definition) is 1. The Hall–Kier alpha value is -1.84. The topological polar surface area (TPSA) is 49.4 Å². The Bertz CT molecular complexity index is 858. The fourth-order valence-electron chi connectivity index (χ4n) is 6.38. The monoisotopic (exact) mass is 410 g/mol. The molecule has 3 aliphatic rings. The molecule has 2 aliphatic carbocycles. The fourth-order valence-corrected chi connectivity index (χ4v) is 6.38. The number of amides is 3. The third-order valence-electron chi connectivity index (χ3n) is 7.85. The van der Waals surface area contributed by atoms with E-state index in [-0.39, 0.29) is 28.8 Å². The van der Waals surface area contributed by atoms with Crippen molar-refractivity contribution >= 4 is 11.9 Å². The maximum absolute atomic E-state index is 14.0. The number of carbonyl (C=O) groups is 2. The molecule has 0 aromatic heterocycles. The Labute approximate surface area is 181 Å². The van der Waals surface area contributed by atoms with E-state index in [2.05, 4.69) is 51.2 Å². The number of nitrogens with one attached hydrogen (secondary N) is 1. The molecule has 4 rings (SSSR count). The average molecular weight is 411 g/mol. The smallest absolute Gasteiger partial charge is 0.319 e. The molecule has 3 amide bonds. The van der Waals surface area contributed by atoms with Gasteiger partial charge in [0.25, 0.3) is 5.91 Å². The van der Waals surface area contributed by atoms with Crippen LogP contribution in [-0.4, -0.2) is 22.9 Å². The minimum Gasteiger partial charge on any atom is -0.319 e. The summed E-state index contributed by atoms with van der Waals surface area (Å²) in [6.07, 6.45) is 7.35. The van der Waals surface area contributed by atoms with E-state index in [1.807, 2.05) is 13.8 Å². The van der Waals surface area contributed by atoms with E-state index in [9.17, 15) is 9.59 Å². The van der Waals surface area contributed by atoms with Crippen molar-refractivity contribution in [1.82, 2.24) is 10.2 Å². The maximum Gasteiger partial charge on any atom is 0.325 e. The van der Waals surface area contributed by atoms with Crippen molar-refractivity contribution in [3.8, 4) is 0 Å². The summed E-state index contributed by atoms with van der Waals surface area (Å²) in [6.45, 7) is 12.9. The maximum atomic E-state index is 14.0. The largest absolute Gasteiger partial charge is 0.325 e. The number of benzene rings is 1. The lowest BCUT2D eigenvalue weighted by Gasteiger charge is -2.46. The lowest BCUT2D eigenvalue weighted by molar-refractivity contribution is -0.139. The van der Waals surface area contributed by atoms with Crippen LogP contribution in [0, 0.1) is 16.7 Å². The summed E-state index contributed by atoms with van der Waals surface area (Å²) in [4.78, 5) is 28.5. The summed E-state index contributed by atoms with van der Waals surface area (Å²) in [7, 11) is 0. The Kier molecular flexibility index (Phi) is 5.06. The predicted molar refractivity (Wildman–Crippen MR) is 120 cm³/mol. The van der Waals surface area contributed by atoms with Crippen LogP contribution in [0.5, 0.6) is 0 Å². The highest BCUT2D eigenvalue weighted by Gasteiger charge is 2.68. The molecule has 1 unspecified atom stereocenters. The van der Waals surface area contributed by atoms with Gasteiger partial charge < -0.3 is 5.32 Å². The first-order valence-corrected chi connectivity index (χ1v) is 11.8. The SMILES string of the molecule is CCC1CCC2(CC1)Cc1ccc(CC(C)(C)C)cc1C21NC(=O)N(C(C)C)C1=O. The van der Waals surface area contributed by atoms with Gasteiger partial charge in [-0.2, -0.15) is 0 Å². The third-order valence-corrected chi connectivity index (χ3v) is 7.85. The van der Waals surface area contributed by atoms with E-state index in [0.29, 0.717) is 0 Å². The number of imide groups is 1. The molecular formula is C26H38N2O2. The van der Waals surface area contributed by atoms with Crippen molar-refractivity contribution < 1.29 is 9.59 Å². The first kappa shape index (κ1) is 21.4. The van der Waals surface area contributed by atoms with Gasteiger partial charge in [-0.15, -0.1) is 0 Å². The summed E-state index contributed by atoms with van der Waals surface area (Å²) in [5, 5.41) is 3.29. The van der Waals surface area contributed by atoms with Gasteiger partial charge in [0.05, 0.1) is 0 Å². The Morgan fingerprint density at radius 1 is 1.17 bits per heavy atom. The van der Waals surface area contributed by atoms with E-state index in [4.69, 9.17) is 0 Å². The van der Waals surface area contributed by atoms with E-state index in [1.165, 1.54) is 22.4 Å². The van der Waals surface area contributed by atoms with Crippen molar-refractivity contribution in [1.29, 1.82) is 0 Å². The minimum atomic E-state index is -0.893. The number of carbonyl (C=O) groups excluding carboxylic acids is 2. The molecule has 0 radical (unpaired) electrons. The lowest BCUT2D eigenvalue weighted by Crippen LogP contribution is -2.56. The molecule has 1 N–H and O–H groups in total. The van der Waals surface area contributed by atoms with Gasteiger partial charge in [-0.25, -0.2) is 4.79 Å². The molecule has 1 aliphatic heterocycles. The van der Waals surface area contributed by atoms with Gasteiger partial charge in [0.15, 0.2) is 5.54 Å². The Balaban J connectivity index is 1.84. The lowest BCUT2D eigenvalue weighted by atomic mass is 9.59. The zero-order valence-corrected chi connectivity index (χ0v) is 19.6. The quantitative estimate of drug-likeness (QED) is 0.662. The molecule has 2 spiro atoms. The van der Waals surface area contributed by atoms with Crippen LogP contribution < -0.4 is 5.32 Å². The van der Waals surface area contributed by atoms with E-state index in [0.717, 1.165) is 50.0 Å². The van der Waals surface area contributed by atoms with E-state index >= 15 is 0 Å². The standard InChI is InChI=1S/C26H38N2O2/c1-7-18-10-12-25(13-11-18)16-20-9-8-19(15-24(4,5)6)14-21(20)26(25)22(29)28(17(2)3)23(30)27-26/h8-9,14,17-18H,7,10-13,15-16H2,1-6H3,(H,27,30). The second-order valence-corrected chi connectivity index (χ2v) is 11.5. The van der Waals surface area contributed by atoms with Gasteiger partial charge in [-0.1, -0.05) is 52.3 Å². The van der Waals surface area contributed by atoms with Crippen molar-refractivity contribution in [2.24, 2.45) is 16.7 Å². The molecule has 2 fully saturated rings. The molecule has 4 nitrogen and oxygen atoms in total. The van der Waals surface area contributed by atoms with Crippen molar-refractivity contribution in [3.63, 3.8) is 0 Å². The number of hydrogen-bond acceptors (Lipinski definition) is 2. The summed E-state index contributed by atoms with van der Waals surface area (Å²) < 4.78 is 0. The first-order valence-electron chi connectivity index (χ1n) is 11.8. The van der Waals surface area contributed by atoms with Gasteiger partial charge >= 0.3 is 6.03 Å². The normalized spacial score (nSPS) is 31.2. The highest BCUT2D eigenvalue weighted by Crippen LogP contribution is 2.60. The van der Waals surface area contributed by atoms with Crippen molar-refractivity contribution in [2.75, 3.05) is 0 Å². The Morgan fingerprint density at radius 2 is 1.83 bits per heavy atom. The molecule has 1 saturated carbocycles. The van der Waals surface area contributed by atoms with Gasteiger partial charge in [-0.05, 0) is 80.4 Å². The van der Waals surface area contributed by atoms with Crippen LogP contribution in [0.15, 0.2) is 18.2 Å². The molecule has 4 heteroatoms. The molecule has 1 aromatic rings. The van der Waals surface area contributed by atoms with E-state index < -0.39 is 5.54 Å². The van der Waals surface area contributed by atoms with E-state index in [1.54, 1.807) is 0 Å². The van der Waals surface area contributed by atoms with Crippen LogP contribution in [0.2, 0.25) is 0 Å². The van der Waals surface area contributed by atoms with Gasteiger partial charge in [0.1, 0.15) is 0 Å². The molecule has 1 saturated heterocycles. The van der Waals surface area contributed by atoms with Gasteiger partial charge in [-0.3, -0.25) is 9.69 Å². The highest BCUT2D eigenvalue weighted by molar-refractivity contribution is 6.09. The molecule has 30 heavy (non-hydrogen) atoms. The van der Waals surface area contributed by atoms with Crippen LogP contribution in [-0.2, 0) is 23.2 Å². The second-order valence-electron chi connectivity index (χ2n) is 11.5. The van der Waals surface area contributed by atoms with Crippen molar-refractivity contribution in [2.45, 2.75) is 98.1 Å². The highest BCUT2D eigenvalue weighted by atomic mass is 16.2. The van der Waals surface area contributed by atoms with Crippen LogP contribution in [0.4, 0.5) is 4.79 Å². The number of rotatable bonds is 3. The minimum absolute atomic E-state index is 0.0240. The molecule has 164 valence electrons. The Morgan fingerprint density at radius 3 is 2.37 bits per heavy atom.